The first kappa shape index (κ1) is 27.5. The zero-order valence-corrected chi connectivity index (χ0v) is 24.7. The molecule has 7 nitrogen and oxygen atoms in total. The Kier molecular flexibility index (Phi) is 7.90. The van der Waals surface area contributed by atoms with E-state index in [-0.39, 0.29) is 5.04 Å². The quantitative estimate of drug-likeness (QED) is 0.352. The summed E-state index contributed by atoms with van der Waals surface area (Å²) in [4.78, 5) is 28.2. The molecule has 4 rings (SSSR count). The molecule has 1 N–H and O–H groups in total. The molecule has 1 amide bonds. The Morgan fingerprint density at radius 2 is 1.95 bits per heavy atom. The maximum Gasteiger partial charge on any atom is 0.407 e. The monoisotopic (exact) mass is 586 g/mol. The Balaban J connectivity index is 1.74. The number of fused-ring (bicyclic) bond motifs is 2. The highest BCUT2D eigenvalue weighted by Crippen LogP contribution is 2.40. The number of carboxylic acid groups (broad SMARTS) is 1. The number of halogens is 1. The molecule has 2 aromatic rings. The number of amides is 1. The topological polar surface area (TPSA) is 79.3 Å². The SMILES string of the molecule is CC(C)(C)[Si](C)(C)OC(CN1CCOc2cc(Br)ccc2C1=C=O)[C@@H]1Cc2ccccc2CN1C(=O)O. The second-order valence-electron chi connectivity index (χ2n) is 11.3. The highest BCUT2D eigenvalue weighted by atomic mass is 79.9. The number of hydrogen-bond donors (Lipinski definition) is 1. The van der Waals surface area contributed by atoms with Crippen LogP contribution in [0.15, 0.2) is 46.9 Å². The molecule has 0 bridgehead atoms. The summed E-state index contributed by atoms with van der Waals surface area (Å²) in [6, 6.07) is 13.2. The molecule has 2 aromatic carbocycles. The van der Waals surface area contributed by atoms with E-state index in [0.29, 0.717) is 49.7 Å². The number of ether oxygens (including phenoxy) is 1. The summed E-state index contributed by atoms with van der Waals surface area (Å²) >= 11 is 3.47. The fourth-order valence-corrected chi connectivity index (χ4v) is 6.44. The molecule has 198 valence electrons. The molecule has 0 saturated heterocycles. The molecular formula is C28H35BrN2O5Si. The standard InChI is InChI=1S/C28H35BrN2O5Si/c1-28(2,3)37(4,5)36-26(23-14-19-8-6-7-9-20(19)16-31(23)27(33)34)17-30-12-13-35-25-15-21(29)10-11-22(25)24(30)18-32/h6-11,15,23,26H,12-14,16-17H2,1-5H3,(H,33,34)/t23-,26?/m0/s1. The first-order valence-electron chi connectivity index (χ1n) is 12.6. The van der Waals surface area contributed by atoms with Crippen LogP contribution in [-0.2, 0) is 22.2 Å². The third kappa shape index (κ3) is 5.80. The normalized spacial score (nSPS) is 18.8. The molecular weight excluding hydrogens is 552 g/mol. The Morgan fingerprint density at radius 3 is 2.59 bits per heavy atom. The van der Waals surface area contributed by atoms with Crippen LogP contribution in [0.2, 0.25) is 18.1 Å². The molecule has 0 fully saturated rings. The van der Waals surface area contributed by atoms with Gasteiger partial charge in [0.15, 0.2) is 14.3 Å². The molecule has 0 saturated carbocycles. The Hall–Kier alpha value is -2.58. The van der Waals surface area contributed by atoms with Gasteiger partial charge in [0.1, 0.15) is 18.1 Å². The van der Waals surface area contributed by atoms with Gasteiger partial charge in [-0.2, -0.15) is 0 Å². The van der Waals surface area contributed by atoms with E-state index in [1.165, 1.54) is 4.90 Å². The van der Waals surface area contributed by atoms with Gasteiger partial charge in [-0.05, 0) is 53.9 Å². The molecule has 0 radical (unpaired) electrons. The number of carbonyl (C=O) groups is 1. The fraction of sp³-hybridized carbons (Fsp3) is 0.464. The average Bonchev–Trinajstić information content (AvgIpc) is 3.00. The van der Waals surface area contributed by atoms with Crippen LogP contribution in [0.3, 0.4) is 0 Å². The Morgan fingerprint density at radius 1 is 1.24 bits per heavy atom. The van der Waals surface area contributed by atoms with Gasteiger partial charge < -0.3 is 19.2 Å². The number of nitrogens with zero attached hydrogens (tertiary/aromatic N) is 2. The molecule has 9 heteroatoms. The first-order valence-corrected chi connectivity index (χ1v) is 16.3. The van der Waals surface area contributed by atoms with Gasteiger partial charge in [-0.3, -0.25) is 4.90 Å². The molecule has 2 aliphatic heterocycles. The summed E-state index contributed by atoms with van der Waals surface area (Å²) in [5.74, 6) is 2.76. The van der Waals surface area contributed by atoms with Crippen LogP contribution in [0, 0.1) is 0 Å². The summed E-state index contributed by atoms with van der Waals surface area (Å²) in [6.45, 7) is 12.4. The predicted octanol–water partition coefficient (Wildman–Crippen LogP) is 5.81. The lowest BCUT2D eigenvalue weighted by molar-refractivity contribution is 0.0325. The second-order valence-corrected chi connectivity index (χ2v) is 16.9. The summed E-state index contributed by atoms with van der Waals surface area (Å²) in [7, 11) is -2.31. The van der Waals surface area contributed by atoms with E-state index in [1.54, 1.807) is 0 Å². The van der Waals surface area contributed by atoms with Crippen molar-refractivity contribution >= 4 is 42.0 Å². The number of benzene rings is 2. The number of hydrogen-bond acceptors (Lipinski definition) is 5. The van der Waals surface area contributed by atoms with Crippen molar-refractivity contribution in [2.45, 2.75) is 64.0 Å². The van der Waals surface area contributed by atoms with E-state index in [2.05, 4.69) is 61.8 Å². The van der Waals surface area contributed by atoms with Gasteiger partial charge >= 0.3 is 6.09 Å². The second kappa shape index (κ2) is 10.7. The van der Waals surface area contributed by atoms with E-state index < -0.39 is 26.6 Å². The van der Waals surface area contributed by atoms with Gasteiger partial charge in [-0.1, -0.05) is 61.0 Å². The predicted molar refractivity (Wildman–Crippen MR) is 150 cm³/mol. The number of carbonyl (C=O) groups excluding carboxylic acids is 1. The van der Waals surface area contributed by atoms with Crippen LogP contribution in [0.1, 0.15) is 37.5 Å². The molecule has 37 heavy (non-hydrogen) atoms. The van der Waals surface area contributed by atoms with Gasteiger partial charge in [0.05, 0.1) is 24.3 Å². The highest BCUT2D eigenvalue weighted by molar-refractivity contribution is 9.10. The fourth-order valence-electron chi connectivity index (χ4n) is 4.76. The minimum Gasteiger partial charge on any atom is -0.491 e. The van der Waals surface area contributed by atoms with E-state index in [0.717, 1.165) is 15.6 Å². The minimum atomic E-state index is -2.31. The molecule has 0 aliphatic carbocycles. The largest absolute Gasteiger partial charge is 0.491 e. The van der Waals surface area contributed by atoms with Crippen molar-refractivity contribution in [1.82, 2.24) is 9.80 Å². The zero-order valence-electron chi connectivity index (χ0n) is 22.1. The van der Waals surface area contributed by atoms with Crippen molar-refractivity contribution in [3.63, 3.8) is 0 Å². The lowest BCUT2D eigenvalue weighted by atomic mass is 9.91. The highest BCUT2D eigenvalue weighted by Gasteiger charge is 2.44. The third-order valence-corrected chi connectivity index (χ3v) is 12.8. The van der Waals surface area contributed by atoms with Crippen LogP contribution in [0.4, 0.5) is 4.79 Å². The van der Waals surface area contributed by atoms with Gasteiger partial charge in [-0.25, -0.2) is 9.59 Å². The van der Waals surface area contributed by atoms with Crippen molar-refractivity contribution in [2.24, 2.45) is 0 Å². The lowest BCUT2D eigenvalue weighted by Gasteiger charge is -2.46. The van der Waals surface area contributed by atoms with Crippen molar-refractivity contribution in [3.05, 3.63) is 63.6 Å². The van der Waals surface area contributed by atoms with Gasteiger partial charge in [0.25, 0.3) is 0 Å². The summed E-state index contributed by atoms with van der Waals surface area (Å²) < 4.78 is 13.8. The molecule has 0 spiro atoms. The smallest absolute Gasteiger partial charge is 0.407 e. The van der Waals surface area contributed by atoms with Crippen molar-refractivity contribution in [1.29, 1.82) is 0 Å². The van der Waals surface area contributed by atoms with Crippen LogP contribution >= 0.6 is 15.9 Å². The van der Waals surface area contributed by atoms with E-state index in [4.69, 9.17) is 9.16 Å². The van der Waals surface area contributed by atoms with E-state index in [9.17, 15) is 14.7 Å². The summed E-state index contributed by atoms with van der Waals surface area (Å²) in [5.41, 5.74) is 3.23. The van der Waals surface area contributed by atoms with Crippen LogP contribution in [0.5, 0.6) is 5.75 Å². The Bertz CT molecular complexity index is 1220. The maximum absolute atomic E-state index is 12.5. The zero-order chi connectivity index (χ0) is 27.0. The average molecular weight is 588 g/mol. The number of rotatable bonds is 5. The van der Waals surface area contributed by atoms with Gasteiger partial charge in [0.2, 0.25) is 0 Å². The minimum absolute atomic E-state index is 0.0734. The summed E-state index contributed by atoms with van der Waals surface area (Å²) in [6.07, 6.45) is -0.870. The molecule has 2 aliphatic rings. The van der Waals surface area contributed by atoms with E-state index in [1.807, 2.05) is 41.3 Å². The molecule has 2 heterocycles. The van der Waals surface area contributed by atoms with Gasteiger partial charge in [0, 0.05) is 17.6 Å². The molecule has 0 aromatic heterocycles. The van der Waals surface area contributed by atoms with E-state index >= 15 is 0 Å². The van der Waals surface area contributed by atoms with Crippen LogP contribution in [0.25, 0.3) is 5.70 Å². The third-order valence-electron chi connectivity index (χ3n) is 7.85. The van der Waals surface area contributed by atoms with Crippen molar-refractivity contribution in [3.8, 4) is 5.75 Å². The molecule has 2 atom stereocenters. The van der Waals surface area contributed by atoms with Crippen molar-refractivity contribution in [2.75, 3.05) is 19.7 Å². The van der Waals surface area contributed by atoms with Crippen LogP contribution < -0.4 is 4.74 Å². The van der Waals surface area contributed by atoms with Gasteiger partial charge in [-0.15, -0.1) is 0 Å². The maximum atomic E-state index is 12.5. The molecule has 1 unspecified atom stereocenters. The van der Waals surface area contributed by atoms with Crippen LogP contribution in [-0.4, -0.2) is 67.1 Å². The lowest BCUT2D eigenvalue weighted by Crippen LogP contribution is -2.58. The Labute approximate surface area is 228 Å². The van der Waals surface area contributed by atoms with Crippen molar-refractivity contribution < 1.29 is 23.9 Å². The summed E-state index contributed by atoms with van der Waals surface area (Å²) in [5, 5.41) is 10.1. The first-order chi connectivity index (χ1) is 17.4.